The van der Waals surface area contributed by atoms with Gasteiger partial charge in [-0.25, -0.2) is 0 Å². The highest BCUT2D eigenvalue weighted by atomic mass is 19.4. The fraction of sp³-hybridized carbons (Fsp3) is 0.125. The molecule has 3 rings (SSSR count). The molecule has 0 aliphatic carbocycles. The SMILES string of the molecule is C=C1N(C)c2ccccc2N1c1ccc(C(F)(F)F)cc1. The Morgan fingerprint density at radius 2 is 1.48 bits per heavy atom. The molecule has 0 spiro atoms. The number of fused-ring (bicyclic) bond motifs is 1. The number of hydrogen-bond acceptors (Lipinski definition) is 2. The van der Waals surface area contributed by atoms with Crippen molar-refractivity contribution in [3.05, 3.63) is 66.5 Å². The van der Waals surface area contributed by atoms with Crippen LogP contribution >= 0.6 is 0 Å². The van der Waals surface area contributed by atoms with Crippen LogP contribution in [0.3, 0.4) is 0 Å². The molecule has 0 saturated carbocycles. The van der Waals surface area contributed by atoms with E-state index in [-0.39, 0.29) is 0 Å². The quantitative estimate of drug-likeness (QED) is 0.747. The Morgan fingerprint density at radius 3 is 2.05 bits per heavy atom. The van der Waals surface area contributed by atoms with Gasteiger partial charge < -0.3 is 4.90 Å². The minimum absolute atomic E-state index is 0.655. The fourth-order valence-electron chi connectivity index (χ4n) is 2.45. The molecule has 1 aliphatic heterocycles. The van der Waals surface area contributed by atoms with Crippen LogP contribution in [0.25, 0.3) is 0 Å². The first-order valence-electron chi connectivity index (χ1n) is 6.38. The van der Waals surface area contributed by atoms with Crippen LogP contribution in [0.4, 0.5) is 30.2 Å². The predicted molar refractivity (Wildman–Crippen MR) is 77.6 cm³/mol. The van der Waals surface area contributed by atoms with Gasteiger partial charge in [0.05, 0.1) is 16.9 Å². The molecule has 0 atom stereocenters. The van der Waals surface area contributed by atoms with E-state index in [1.165, 1.54) is 12.1 Å². The smallest absolute Gasteiger partial charge is 0.329 e. The number of benzene rings is 2. The maximum Gasteiger partial charge on any atom is 0.416 e. The zero-order valence-corrected chi connectivity index (χ0v) is 11.4. The molecule has 108 valence electrons. The molecule has 2 aromatic carbocycles. The summed E-state index contributed by atoms with van der Waals surface area (Å²) in [5, 5.41) is 0. The molecule has 0 aromatic heterocycles. The summed E-state index contributed by atoms with van der Waals surface area (Å²) in [6.45, 7) is 4.01. The van der Waals surface area contributed by atoms with E-state index in [1.807, 2.05) is 41.1 Å². The average Bonchev–Trinajstić information content (AvgIpc) is 2.71. The van der Waals surface area contributed by atoms with Crippen LogP contribution in [0.5, 0.6) is 0 Å². The van der Waals surface area contributed by atoms with E-state index >= 15 is 0 Å². The number of rotatable bonds is 1. The van der Waals surface area contributed by atoms with Crippen molar-refractivity contribution in [2.24, 2.45) is 0 Å². The molecule has 0 bridgehead atoms. The van der Waals surface area contributed by atoms with Crippen molar-refractivity contribution >= 4 is 17.1 Å². The normalized spacial score (nSPS) is 14.6. The Kier molecular flexibility index (Phi) is 2.93. The monoisotopic (exact) mass is 290 g/mol. The van der Waals surface area contributed by atoms with E-state index in [0.717, 1.165) is 23.5 Å². The third-order valence-electron chi connectivity index (χ3n) is 3.58. The van der Waals surface area contributed by atoms with Gasteiger partial charge in [-0.05, 0) is 36.4 Å². The molecule has 0 radical (unpaired) electrons. The molecule has 1 heterocycles. The molecule has 1 aliphatic rings. The second-order valence-electron chi connectivity index (χ2n) is 4.84. The number of halogens is 3. The van der Waals surface area contributed by atoms with Gasteiger partial charge in [-0.1, -0.05) is 18.7 Å². The Morgan fingerprint density at radius 1 is 0.905 bits per heavy atom. The van der Waals surface area contributed by atoms with E-state index in [1.54, 1.807) is 0 Å². The van der Waals surface area contributed by atoms with E-state index < -0.39 is 11.7 Å². The lowest BCUT2D eigenvalue weighted by Gasteiger charge is -2.22. The van der Waals surface area contributed by atoms with Gasteiger partial charge in [0.15, 0.2) is 0 Å². The number of alkyl halides is 3. The van der Waals surface area contributed by atoms with Crippen LogP contribution in [0.1, 0.15) is 5.56 Å². The molecule has 0 amide bonds. The van der Waals surface area contributed by atoms with Crippen LogP contribution in [0.15, 0.2) is 60.9 Å². The highest BCUT2D eigenvalue weighted by Gasteiger charge is 2.32. The maximum atomic E-state index is 12.6. The summed E-state index contributed by atoms with van der Waals surface area (Å²) in [7, 11) is 1.88. The topological polar surface area (TPSA) is 6.48 Å². The first-order valence-corrected chi connectivity index (χ1v) is 6.38. The zero-order valence-electron chi connectivity index (χ0n) is 11.4. The van der Waals surface area contributed by atoms with Crippen LogP contribution in [0, 0.1) is 0 Å². The molecule has 0 saturated heterocycles. The molecule has 2 nitrogen and oxygen atoms in total. The molecule has 0 fully saturated rings. The van der Waals surface area contributed by atoms with E-state index in [4.69, 9.17) is 0 Å². The van der Waals surface area contributed by atoms with Gasteiger partial charge in [-0.2, -0.15) is 13.2 Å². The molecular weight excluding hydrogens is 277 g/mol. The van der Waals surface area contributed by atoms with Gasteiger partial charge in [0.25, 0.3) is 0 Å². The summed E-state index contributed by atoms with van der Waals surface area (Å²) in [6.07, 6.45) is -4.32. The number of nitrogens with zero attached hydrogens (tertiary/aromatic N) is 2. The summed E-state index contributed by atoms with van der Waals surface area (Å²) in [4.78, 5) is 3.75. The van der Waals surface area contributed by atoms with Crippen molar-refractivity contribution in [3.8, 4) is 0 Å². The van der Waals surface area contributed by atoms with Crippen molar-refractivity contribution in [1.29, 1.82) is 0 Å². The second-order valence-corrected chi connectivity index (χ2v) is 4.84. The van der Waals surface area contributed by atoms with Crippen molar-refractivity contribution in [2.75, 3.05) is 16.8 Å². The summed E-state index contributed by atoms with van der Waals surface area (Å²) in [5.41, 5.74) is 1.88. The minimum atomic E-state index is -4.32. The third-order valence-corrected chi connectivity index (χ3v) is 3.58. The van der Waals surface area contributed by atoms with Crippen molar-refractivity contribution < 1.29 is 13.2 Å². The summed E-state index contributed by atoms with van der Waals surface area (Å²) < 4.78 is 37.9. The largest absolute Gasteiger partial charge is 0.416 e. The second kappa shape index (κ2) is 4.55. The van der Waals surface area contributed by atoms with Crippen LogP contribution in [-0.4, -0.2) is 7.05 Å². The van der Waals surface area contributed by atoms with Gasteiger partial charge in [0.2, 0.25) is 0 Å². The Labute approximate surface area is 120 Å². The Hall–Kier alpha value is -2.43. The fourth-order valence-corrected chi connectivity index (χ4v) is 2.45. The third kappa shape index (κ3) is 2.14. The Bertz CT molecular complexity index is 689. The molecule has 0 N–H and O–H groups in total. The van der Waals surface area contributed by atoms with Gasteiger partial charge >= 0.3 is 6.18 Å². The van der Waals surface area contributed by atoms with Gasteiger partial charge in [-0.3, -0.25) is 4.90 Å². The number of anilines is 3. The van der Waals surface area contributed by atoms with Crippen LogP contribution in [-0.2, 0) is 6.18 Å². The van der Waals surface area contributed by atoms with Gasteiger partial charge in [0.1, 0.15) is 5.82 Å². The molecule has 0 unspecified atom stereocenters. The lowest BCUT2D eigenvalue weighted by Crippen LogP contribution is -2.20. The van der Waals surface area contributed by atoms with E-state index in [2.05, 4.69) is 6.58 Å². The summed E-state index contributed by atoms with van der Waals surface area (Å²) >= 11 is 0. The van der Waals surface area contributed by atoms with Crippen molar-refractivity contribution in [1.82, 2.24) is 0 Å². The van der Waals surface area contributed by atoms with Crippen LogP contribution in [0.2, 0.25) is 0 Å². The first kappa shape index (κ1) is 13.5. The van der Waals surface area contributed by atoms with Gasteiger partial charge in [0, 0.05) is 12.7 Å². The maximum absolute atomic E-state index is 12.6. The van der Waals surface area contributed by atoms with Crippen molar-refractivity contribution in [3.63, 3.8) is 0 Å². The summed E-state index contributed by atoms with van der Waals surface area (Å²) in [6, 6.07) is 12.8. The van der Waals surface area contributed by atoms with Gasteiger partial charge in [-0.15, -0.1) is 0 Å². The number of para-hydroxylation sites is 2. The Balaban J connectivity index is 2.03. The average molecular weight is 290 g/mol. The van der Waals surface area contributed by atoms with Crippen molar-refractivity contribution in [2.45, 2.75) is 6.18 Å². The zero-order chi connectivity index (χ0) is 15.2. The standard InChI is InChI=1S/C16H13F3N2/c1-11-20(2)14-5-3-4-6-15(14)21(11)13-9-7-12(8-10-13)16(17,18)19/h3-10H,1H2,2H3. The highest BCUT2D eigenvalue weighted by molar-refractivity contribution is 5.87. The molecular formula is C16H13F3N2. The van der Waals surface area contributed by atoms with Crippen LogP contribution < -0.4 is 9.80 Å². The van der Waals surface area contributed by atoms with E-state index in [9.17, 15) is 13.2 Å². The lowest BCUT2D eigenvalue weighted by atomic mass is 10.2. The predicted octanol–water partition coefficient (Wildman–Crippen LogP) is 4.76. The molecule has 5 heteroatoms. The highest BCUT2D eigenvalue weighted by Crippen LogP contribution is 2.44. The summed E-state index contributed by atoms with van der Waals surface area (Å²) in [5.74, 6) is 0.705. The number of hydrogen-bond donors (Lipinski definition) is 0. The lowest BCUT2D eigenvalue weighted by molar-refractivity contribution is -0.137. The minimum Gasteiger partial charge on any atom is -0.329 e. The first-order chi connectivity index (χ1) is 9.89. The van der Waals surface area contributed by atoms with E-state index in [0.29, 0.717) is 11.5 Å². The molecule has 2 aromatic rings. The molecule has 21 heavy (non-hydrogen) atoms.